The van der Waals surface area contributed by atoms with Crippen molar-refractivity contribution in [1.29, 1.82) is 5.41 Å². The fourth-order valence-electron chi connectivity index (χ4n) is 4.22. The van der Waals surface area contributed by atoms with E-state index in [9.17, 15) is 9.90 Å². The maximum Gasteiger partial charge on any atom is 0.182 e. The number of phenols is 1. The molecule has 3 rings (SSSR count). The molecule has 178 valence electrons. The van der Waals surface area contributed by atoms with Gasteiger partial charge in [-0.1, -0.05) is 53.7 Å². The number of benzene rings is 2. The van der Waals surface area contributed by atoms with Crippen molar-refractivity contribution in [2.75, 3.05) is 13.7 Å². The molecule has 33 heavy (non-hydrogen) atoms. The zero-order chi connectivity index (χ0) is 24.9. The molecule has 2 aromatic rings. The third kappa shape index (κ3) is 4.84. The molecule has 1 heterocycles. The molecule has 0 radical (unpaired) electrons. The first-order valence-electron chi connectivity index (χ1n) is 11.5. The van der Waals surface area contributed by atoms with E-state index in [0.717, 1.165) is 27.8 Å². The van der Waals surface area contributed by atoms with Crippen molar-refractivity contribution in [2.45, 2.75) is 78.4 Å². The van der Waals surface area contributed by atoms with Crippen LogP contribution in [0, 0.1) is 5.41 Å². The van der Waals surface area contributed by atoms with Gasteiger partial charge in [0, 0.05) is 35.9 Å². The van der Waals surface area contributed by atoms with Gasteiger partial charge < -0.3 is 14.7 Å². The Morgan fingerprint density at radius 1 is 1.00 bits per heavy atom. The smallest absolute Gasteiger partial charge is 0.182 e. The Bertz CT molecular complexity index is 1070. The number of rotatable bonds is 5. The molecule has 2 aromatic carbocycles. The number of phenolic OH excluding ortho intramolecular Hbond substituents is 1. The molecule has 0 atom stereocenters. The Morgan fingerprint density at radius 2 is 1.55 bits per heavy atom. The minimum atomic E-state index is -0.447. The number of methoxy groups -OCH3 is 1. The third-order valence-electron chi connectivity index (χ3n) is 6.63. The number of carbonyl (C=O) groups is 1. The van der Waals surface area contributed by atoms with E-state index in [2.05, 4.69) is 0 Å². The second-order valence-corrected chi connectivity index (χ2v) is 11.6. The molecule has 1 aliphatic heterocycles. The lowest BCUT2D eigenvalue weighted by atomic mass is 9.78. The van der Waals surface area contributed by atoms with E-state index in [0.29, 0.717) is 17.9 Å². The van der Waals surface area contributed by atoms with Crippen molar-refractivity contribution in [3.8, 4) is 5.75 Å². The molecule has 0 unspecified atom stereocenters. The lowest BCUT2D eigenvalue weighted by molar-refractivity contribution is 0.0192. The van der Waals surface area contributed by atoms with Crippen LogP contribution < -0.4 is 0 Å². The standard InChI is InChI=1S/C28H38N2O3/c1-26(2,3)21-12-18(13-22(24(21)32)27(4,5)6)23(31)16-30-15-17-10-11-19(28(7,8)33-9)14-20(17)25(30)29/h10-14,29,32H,15-16H2,1-9H3. The quantitative estimate of drug-likeness (QED) is 0.557. The SMILES string of the molecule is COC(C)(C)c1ccc2c(c1)C(=N)N(CC(=O)c1cc(C(C)(C)C)c(O)c(C(C)(C)C)c1)C2. The van der Waals surface area contributed by atoms with Crippen molar-refractivity contribution < 1.29 is 14.6 Å². The summed E-state index contributed by atoms with van der Waals surface area (Å²) in [4.78, 5) is 15.2. The first kappa shape index (κ1) is 25.0. The van der Waals surface area contributed by atoms with Crippen LogP contribution in [0.1, 0.15) is 93.6 Å². The van der Waals surface area contributed by atoms with Crippen molar-refractivity contribution in [3.05, 3.63) is 63.7 Å². The maximum atomic E-state index is 13.4. The summed E-state index contributed by atoms with van der Waals surface area (Å²) in [6, 6.07) is 9.70. The summed E-state index contributed by atoms with van der Waals surface area (Å²) in [6.07, 6.45) is 0. The summed E-state index contributed by atoms with van der Waals surface area (Å²) in [5, 5.41) is 19.7. The molecule has 5 nitrogen and oxygen atoms in total. The van der Waals surface area contributed by atoms with Gasteiger partial charge in [0.05, 0.1) is 12.1 Å². The number of ketones is 1. The second kappa shape index (κ2) is 8.28. The van der Waals surface area contributed by atoms with E-state index in [1.807, 2.05) is 90.6 Å². The highest BCUT2D eigenvalue weighted by Gasteiger charge is 2.31. The van der Waals surface area contributed by atoms with E-state index in [1.54, 1.807) is 7.11 Å². The fourth-order valence-corrected chi connectivity index (χ4v) is 4.22. The van der Waals surface area contributed by atoms with Crippen molar-refractivity contribution in [3.63, 3.8) is 0 Å². The highest BCUT2D eigenvalue weighted by molar-refractivity contribution is 6.05. The Balaban J connectivity index is 1.92. The topological polar surface area (TPSA) is 73.6 Å². The van der Waals surface area contributed by atoms with Crippen LogP contribution in [-0.2, 0) is 27.7 Å². The molecule has 0 saturated carbocycles. The lowest BCUT2D eigenvalue weighted by Crippen LogP contribution is -2.31. The predicted octanol–water partition coefficient (Wildman–Crippen LogP) is 5.89. The van der Waals surface area contributed by atoms with Gasteiger partial charge in [-0.25, -0.2) is 0 Å². The highest BCUT2D eigenvalue weighted by Crippen LogP contribution is 2.40. The molecule has 0 spiro atoms. The average molecular weight is 451 g/mol. The summed E-state index contributed by atoms with van der Waals surface area (Å²) in [5.41, 5.74) is 3.95. The van der Waals surface area contributed by atoms with Gasteiger partial charge >= 0.3 is 0 Å². The molecule has 0 saturated heterocycles. The molecule has 0 aromatic heterocycles. The van der Waals surface area contributed by atoms with E-state index < -0.39 is 5.60 Å². The summed E-state index contributed by atoms with van der Waals surface area (Å²) in [5.74, 6) is 0.570. The van der Waals surface area contributed by atoms with Gasteiger partial charge in [0.25, 0.3) is 0 Å². The van der Waals surface area contributed by atoms with Crippen molar-refractivity contribution in [1.82, 2.24) is 4.90 Å². The number of aromatic hydroxyl groups is 1. The minimum absolute atomic E-state index is 0.0546. The van der Waals surface area contributed by atoms with E-state index in [-0.39, 0.29) is 28.9 Å². The molecular formula is C28H38N2O3. The molecule has 2 N–H and O–H groups in total. The summed E-state index contributed by atoms with van der Waals surface area (Å²) < 4.78 is 5.60. The van der Waals surface area contributed by atoms with Crippen LogP contribution in [0.25, 0.3) is 0 Å². The number of amidine groups is 1. The Labute approximate surface area is 198 Å². The van der Waals surface area contributed by atoms with Crippen LogP contribution in [0.5, 0.6) is 5.75 Å². The normalized spacial score (nSPS) is 14.6. The highest BCUT2D eigenvalue weighted by atomic mass is 16.5. The Hall–Kier alpha value is -2.66. The summed E-state index contributed by atoms with van der Waals surface area (Å²) in [6.45, 7) is 16.9. The minimum Gasteiger partial charge on any atom is -0.507 e. The van der Waals surface area contributed by atoms with E-state index >= 15 is 0 Å². The van der Waals surface area contributed by atoms with Crippen molar-refractivity contribution in [2.24, 2.45) is 0 Å². The number of carbonyl (C=O) groups excluding carboxylic acids is 1. The first-order chi connectivity index (χ1) is 15.1. The number of hydrogen-bond acceptors (Lipinski definition) is 4. The van der Waals surface area contributed by atoms with Crippen LogP contribution in [0.2, 0.25) is 0 Å². The zero-order valence-electron chi connectivity index (χ0n) is 21.5. The Morgan fingerprint density at radius 3 is 2.03 bits per heavy atom. The van der Waals surface area contributed by atoms with Crippen LogP contribution in [0.15, 0.2) is 30.3 Å². The summed E-state index contributed by atoms with van der Waals surface area (Å²) in [7, 11) is 1.68. The van der Waals surface area contributed by atoms with Gasteiger partial charge in [-0.05, 0) is 54.0 Å². The fraction of sp³-hybridized carbons (Fsp3) is 0.500. The molecular weight excluding hydrogens is 412 g/mol. The summed E-state index contributed by atoms with van der Waals surface area (Å²) >= 11 is 0. The number of nitrogens with zero attached hydrogens (tertiary/aromatic N) is 1. The van der Waals surface area contributed by atoms with Crippen molar-refractivity contribution >= 4 is 11.6 Å². The van der Waals surface area contributed by atoms with Gasteiger partial charge in [-0.3, -0.25) is 10.2 Å². The van der Waals surface area contributed by atoms with E-state index in [4.69, 9.17) is 10.1 Å². The van der Waals surface area contributed by atoms with Gasteiger partial charge in [-0.15, -0.1) is 0 Å². The number of ether oxygens (including phenoxy) is 1. The van der Waals surface area contributed by atoms with Crippen LogP contribution >= 0.6 is 0 Å². The monoisotopic (exact) mass is 450 g/mol. The lowest BCUT2D eigenvalue weighted by Gasteiger charge is -2.28. The Kier molecular flexibility index (Phi) is 6.27. The van der Waals surface area contributed by atoms with Crippen LogP contribution in [-0.4, -0.2) is 35.3 Å². The molecule has 0 aliphatic carbocycles. The molecule has 0 fully saturated rings. The zero-order valence-corrected chi connectivity index (χ0v) is 21.5. The third-order valence-corrected chi connectivity index (χ3v) is 6.63. The van der Waals surface area contributed by atoms with Gasteiger partial charge in [0.15, 0.2) is 5.78 Å². The maximum absolute atomic E-state index is 13.4. The number of Topliss-reactive ketones (excluding diaryl/α,β-unsaturated/α-hetero) is 1. The van der Waals surface area contributed by atoms with Gasteiger partial charge in [0.2, 0.25) is 0 Å². The molecule has 5 heteroatoms. The molecule has 0 bridgehead atoms. The number of fused-ring (bicyclic) bond motifs is 1. The second-order valence-electron chi connectivity index (χ2n) is 11.6. The average Bonchev–Trinajstić information content (AvgIpc) is 3.01. The predicted molar refractivity (Wildman–Crippen MR) is 134 cm³/mol. The largest absolute Gasteiger partial charge is 0.507 e. The first-order valence-corrected chi connectivity index (χ1v) is 11.5. The molecule has 0 amide bonds. The van der Waals surface area contributed by atoms with Gasteiger partial charge in [0.1, 0.15) is 11.6 Å². The van der Waals surface area contributed by atoms with Crippen LogP contribution in [0.3, 0.4) is 0 Å². The number of nitrogens with one attached hydrogen (secondary N) is 1. The molecule has 1 aliphatic rings. The van der Waals surface area contributed by atoms with E-state index in [1.165, 1.54) is 0 Å². The van der Waals surface area contributed by atoms with Crippen LogP contribution in [0.4, 0.5) is 0 Å². The van der Waals surface area contributed by atoms with Gasteiger partial charge in [-0.2, -0.15) is 0 Å². The number of hydrogen-bond donors (Lipinski definition) is 2.